The Morgan fingerprint density at radius 2 is 2.14 bits per heavy atom. The van der Waals surface area contributed by atoms with Gasteiger partial charge in [-0.25, -0.2) is 0 Å². The molecule has 1 heterocycles. The Morgan fingerprint density at radius 3 is 2.76 bits per heavy atom. The van der Waals surface area contributed by atoms with Gasteiger partial charge in [-0.2, -0.15) is 5.26 Å². The zero-order valence-corrected chi connectivity index (χ0v) is 12.5. The van der Waals surface area contributed by atoms with E-state index in [1.54, 1.807) is 26.0 Å². The Labute approximate surface area is 127 Å². The smallest absolute Gasteiger partial charge is 0.261 e. The molecule has 0 aliphatic rings. The van der Waals surface area contributed by atoms with Crippen LogP contribution in [0.15, 0.2) is 22.6 Å². The third-order valence-electron chi connectivity index (χ3n) is 3.13. The summed E-state index contributed by atoms with van der Waals surface area (Å²) in [4.78, 5) is 12.3. The number of hydrogen-bond donors (Lipinski definition) is 1. The van der Waals surface area contributed by atoms with Crippen LogP contribution >= 0.6 is 11.6 Å². The molecule has 5 nitrogen and oxygen atoms in total. The van der Waals surface area contributed by atoms with Crippen LogP contribution in [0.3, 0.4) is 0 Å². The average molecular weight is 305 g/mol. The zero-order chi connectivity index (χ0) is 15.6. The molecule has 108 valence electrons. The molecule has 1 aromatic carbocycles. The number of carbonyl (C=O) groups is 1. The van der Waals surface area contributed by atoms with Crippen molar-refractivity contribution in [2.45, 2.75) is 13.8 Å². The van der Waals surface area contributed by atoms with E-state index < -0.39 is 5.91 Å². The van der Waals surface area contributed by atoms with Crippen molar-refractivity contribution in [2.24, 2.45) is 0 Å². The van der Waals surface area contributed by atoms with Crippen LogP contribution in [0.4, 0.5) is 5.88 Å². The van der Waals surface area contributed by atoms with Crippen LogP contribution < -0.4 is 10.1 Å². The fraction of sp³-hybridized carbons (Fsp3) is 0.200. The van der Waals surface area contributed by atoms with Gasteiger partial charge in [-0.3, -0.25) is 10.1 Å². The monoisotopic (exact) mass is 304 g/mol. The van der Waals surface area contributed by atoms with E-state index in [4.69, 9.17) is 26.0 Å². The molecule has 6 heteroatoms. The third kappa shape index (κ3) is 2.86. The van der Waals surface area contributed by atoms with Gasteiger partial charge >= 0.3 is 0 Å². The van der Waals surface area contributed by atoms with Gasteiger partial charge in [0.2, 0.25) is 5.88 Å². The summed E-state index contributed by atoms with van der Waals surface area (Å²) in [5, 5.41) is 12.1. The largest absolute Gasteiger partial charge is 0.496 e. The number of amides is 1. The van der Waals surface area contributed by atoms with E-state index in [-0.39, 0.29) is 11.4 Å². The Kier molecular flexibility index (Phi) is 4.20. The summed E-state index contributed by atoms with van der Waals surface area (Å²) < 4.78 is 10.5. The Morgan fingerprint density at radius 1 is 1.43 bits per heavy atom. The van der Waals surface area contributed by atoms with E-state index in [1.807, 2.05) is 6.07 Å². The van der Waals surface area contributed by atoms with E-state index >= 15 is 0 Å². The molecule has 1 N–H and O–H groups in total. The lowest BCUT2D eigenvalue weighted by molar-refractivity contribution is 0.102. The molecule has 0 aliphatic heterocycles. The van der Waals surface area contributed by atoms with Crippen molar-refractivity contribution in [1.82, 2.24) is 0 Å². The van der Waals surface area contributed by atoms with E-state index in [0.29, 0.717) is 27.7 Å². The molecule has 2 aromatic rings. The van der Waals surface area contributed by atoms with Gasteiger partial charge in [-0.05, 0) is 32.0 Å². The summed E-state index contributed by atoms with van der Waals surface area (Å²) in [6.07, 6.45) is 0. The lowest BCUT2D eigenvalue weighted by Crippen LogP contribution is -2.13. The number of methoxy groups -OCH3 is 1. The number of rotatable bonds is 3. The summed E-state index contributed by atoms with van der Waals surface area (Å²) in [7, 11) is 1.46. The molecule has 0 fully saturated rings. The van der Waals surface area contributed by atoms with Gasteiger partial charge in [0, 0.05) is 10.6 Å². The van der Waals surface area contributed by atoms with Crippen LogP contribution in [0, 0.1) is 25.2 Å². The maximum absolute atomic E-state index is 12.3. The van der Waals surface area contributed by atoms with Gasteiger partial charge in [-0.1, -0.05) is 11.6 Å². The minimum atomic E-state index is -0.459. The molecule has 0 saturated carbocycles. The van der Waals surface area contributed by atoms with Crippen molar-refractivity contribution in [1.29, 1.82) is 5.26 Å². The quantitative estimate of drug-likeness (QED) is 0.938. The van der Waals surface area contributed by atoms with Crippen molar-refractivity contribution in [2.75, 3.05) is 12.4 Å². The fourth-order valence-electron chi connectivity index (χ4n) is 1.88. The van der Waals surface area contributed by atoms with Crippen molar-refractivity contribution >= 4 is 23.4 Å². The van der Waals surface area contributed by atoms with E-state index in [0.717, 1.165) is 0 Å². The number of furan rings is 1. The number of nitrogens with zero attached hydrogens (tertiary/aromatic N) is 1. The highest BCUT2D eigenvalue weighted by atomic mass is 35.5. The first-order valence-electron chi connectivity index (χ1n) is 6.13. The van der Waals surface area contributed by atoms with Crippen LogP contribution in [0.25, 0.3) is 0 Å². The fourth-order valence-corrected chi connectivity index (χ4v) is 2.05. The molecule has 1 amide bonds. The molecule has 0 spiro atoms. The van der Waals surface area contributed by atoms with Crippen LogP contribution in [0.1, 0.15) is 27.2 Å². The molecule has 0 bridgehead atoms. The van der Waals surface area contributed by atoms with Crippen molar-refractivity contribution in [3.8, 4) is 11.8 Å². The second-order valence-corrected chi connectivity index (χ2v) is 4.83. The molecule has 1 aromatic heterocycles. The van der Waals surface area contributed by atoms with Gasteiger partial charge < -0.3 is 9.15 Å². The molecule has 2 rings (SSSR count). The zero-order valence-electron chi connectivity index (χ0n) is 11.8. The topological polar surface area (TPSA) is 75.3 Å². The normalized spacial score (nSPS) is 10.0. The number of aryl methyl sites for hydroxylation is 1. The summed E-state index contributed by atoms with van der Waals surface area (Å²) in [5.41, 5.74) is 1.27. The van der Waals surface area contributed by atoms with E-state index in [2.05, 4.69) is 5.32 Å². The number of anilines is 1. The second-order valence-electron chi connectivity index (χ2n) is 4.40. The summed E-state index contributed by atoms with van der Waals surface area (Å²) in [5.74, 6) is 0.634. The first-order valence-corrected chi connectivity index (χ1v) is 6.50. The second kappa shape index (κ2) is 5.90. The lowest BCUT2D eigenvalue weighted by atomic mass is 10.1. The summed E-state index contributed by atoms with van der Waals surface area (Å²) in [6.45, 7) is 3.48. The molecule has 0 radical (unpaired) electrons. The van der Waals surface area contributed by atoms with Gasteiger partial charge in [0.25, 0.3) is 5.91 Å². The molecular formula is C15H13ClN2O3. The first-order chi connectivity index (χ1) is 9.97. The van der Waals surface area contributed by atoms with Crippen LogP contribution in [0.5, 0.6) is 5.75 Å². The maximum Gasteiger partial charge on any atom is 0.261 e. The van der Waals surface area contributed by atoms with Crippen LogP contribution in [0.2, 0.25) is 5.02 Å². The number of benzene rings is 1. The Bertz CT molecular complexity index is 744. The van der Waals surface area contributed by atoms with Gasteiger partial charge in [0.15, 0.2) is 0 Å². The highest BCUT2D eigenvalue weighted by Crippen LogP contribution is 2.28. The number of nitrogens with one attached hydrogen (secondary N) is 1. The standard InChI is InChI=1S/C15H13ClN2O3/c1-8-9(2)21-15(12(8)7-17)18-14(19)11-6-10(16)4-5-13(11)20-3/h4-6H,1-3H3,(H,18,19). The number of carbonyl (C=O) groups excluding carboxylic acids is 1. The van der Waals surface area contributed by atoms with Crippen LogP contribution in [-0.2, 0) is 0 Å². The summed E-state index contributed by atoms with van der Waals surface area (Å²) >= 11 is 5.90. The third-order valence-corrected chi connectivity index (χ3v) is 3.37. The minimum Gasteiger partial charge on any atom is -0.496 e. The molecule has 0 saturated heterocycles. The highest BCUT2D eigenvalue weighted by molar-refractivity contribution is 6.31. The number of halogens is 1. The Balaban J connectivity index is 2.37. The summed E-state index contributed by atoms with van der Waals surface area (Å²) in [6, 6.07) is 6.73. The lowest BCUT2D eigenvalue weighted by Gasteiger charge is -2.08. The van der Waals surface area contributed by atoms with Crippen molar-refractivity contribution in [3.05, 3.63) is 45.7 Å². The predicted molar refractivity (Wildman–Crippen MR) is 78.9 cm³/mol. The molecule has 21 heavy (non-hydrogen) atoms. The minimum absolute atomic E-state index is 0.125. The van der Waals surface area contributed by atoms with Gasteiger partial charge in [0.1, 0.15) is 23.1 Å². The van der Waals surface area contributed by atoms with Gasteiger partial charge in [0.05, 0.1) is 12.7 Å². The number of ether oxygens (including phenoxy) is 1. The molecular weight excluding hydrogens is 292 g/mol. The van der Waals surface area contributed by atoms with Crippen molar-refractivity contribution < 1.29 is 13.9 Å². The van der Waals surface area contributed by atoms with E-state index in [9.17, 15) is 4.79 Å². The molecule has 0 atom stereocenters. The first kappa shape index (κ1) is 14.9. The highest BCUT2D eigenvalue weighted by Gasteiger charge is 2.19. The van der Waals surface area contributed by atoms with Crippen molar-refractivity contribution in [3.63, 3.8) is 0 Å². The average Bonchev–Trinajstić information content (AvgIpc) is 2.73. The molecule has 0 unspecified atom stereocenters. The Hall–Kier alpha value is -2.45. The number of nitriles is 1. The molecule has 0 aliphatic carbocycles. The van der Waals surface area contributed by atoms with E-state index in [1.165, 1.54) is 13.2 Å². The predicted octanol–water partition coefficient (Wildman–Crippen LogP) is 3.68. The van der Waals surface area contributed by atoms with Crippen LogP contribution in [-0.4, -0.2) is 13.0 Å². The SMILES string of the molecule is COc1ccc(Cl)cc1C(=O)Nc1oc(C)c(C)c1C#N. The number of hydrogen-bond acceptors (Lipinski definition) is 4. The maximum atomic E-state index is 12.3. The van der Waals surface area contributed by atoms with Gasteiger partial charge in [-0.15, -0.1) is 0 Å².